The summed E-state index contributed by atoms with van der Waals surface area (Å²) in [7, 11) is 0. The molecule has 4 fully saturated rings. The minimum absolute atomic E-state index is 0.214. The first kappa shape index (κ1) is 20.0. The van der Waals surface area contributed by atoms with Gasteiger partial charge in [0.2, 0.25) is 41.5 Å². The number of nitrogens with zero attached hydrogens (tertiary/aromatic N) is 5. The van der Waals surface area contributed by atoms with Crippen molar-refractivity contribution in [2.75, 3.05) is 15.5 Å². The van der Waals surface area contributed by atoms with Crippen molar-refractivity contribution >= 4 is 41.5 Å². The fraction of sp³-hybridized carbons (Fsp3) is 0.667. The van der Waals surface area contributed by atoms with Gasteiger partial charge in [0, 0.05) is 0 Å². The Morgan fingerprint density at radius 1 is 0.742 bits per heavy atom. The number of carbonyl (C=O) groups excluding carboxylic acids is 4. The monoisotopic (exact) mass is 426 g/mol. The lowest BCUT2D eigenvalue weighted by atomic mass is 9.69. The molecule has 1 aromatic heterocycles. The molecule has 2 saturated heterocycles. The van der Waals surface area contributed by atoms with Crippen LogP contribution in [0, 0.1) is 22.7 Å². The quantitative estimate of drug-likeness (QED) is 0.703. The number of anilines is 3. The summed E-state index contributed by atoms with van der Waals surface area (Å²) in [6.45, 7) is 3.61. The highest BCUT2D eigenvalue weighted by Crippen LogP contribution is 2.50. The second-order valence-electron chi connectivity index (χ2n) is 9.68. The smallest absolute Gasteiger partial charge is 0.245 e. The molecule has 0 spiro atoms. The van der Waals surface area contributed by atoms with Crippen molar-refractivity contribution in [1.29, 1.82) is 0 Å². The summed E-state index contributed by atoms with van der Waals surface area (Å²) >= 11 is 0. The van der Waals surface area contributed by atoms with Crippen LogP contribution in [0.3, 0.4) is 0 Å². The van der Waals surface area contributed by atoms with E-state index in [0.717, 1.165) is 35.5 Å². The number of hydrogen-bond donors (Lipinski definition) is 1. The average molecular weight is 426 g/mol. The number of nitrogens with two attached hydrogens (primary N) is 1. The second-order valence-corrected chi connectivity index (χ2v) is 9.68. The van der Waals surface area contributed by atoms with Gasteiger partial charge >= 0.3 is 0 Å². The van der Waals surface area contributed by atoms with Crippen LogP contribution in [-0.2, 0) is 19.2 Å². The predicted octanol–water partition coefficient (Wildman–Crippen LogP) is 1.59. The molecule has 164 valence electrons. The fourth-order valence-corrected chi connectivity index (χ4v) is 5.94. The summed E-state index contributed by atoms with van der Waals surface area (Å²) in [5.74, 6) is -2.97. The van der Waals surface area contributed by atoms with Crippen LogP contribution in [0.25, 0.3) is 0 Å². The Morgan fingerprint density at radius 2 is 1.16 bits per heavy atom. The zero-order chi connectivity index (χ0) is 22.1. The van der Waals surface area contributed by atoms with Crippen LogP contribution in [0.2, 0.25) is 0 Å². The predicted molar refractivity (Wildman–Crippen MR) is 109 cm³/mol. The van der Waals surface area contributed by atoms with E-state index in [0.29, 0.717) is 25.7 Å². The van der Waals surface area contributed by atoms with Crippen LogP contribution in [0.5, 0.6) is 0 Å². The van der Waals surface area contributed by atoms with Gasteiger partial charge in [-0.05, 0) is 39.5 Å². The Balaban J connectivity index is 1.55. The molecule has 2 aliphatic heterocycles. The highest BCUT2D eigenvalue weighted by Gasteiger charge is 2.60. The van der Waals surface area contributed by atoms with Crippen LogP contribution in [0.4, 0.5) is 17.8 Å². The number of rotatable bonds is 2. The maximum Gasteiger partial charge on any atom is 0.245 e. The van der Waals surface area contributed by atoms with Gasteiger partial charge in [0.25, 0.3) is 0 Å². The molecule has 2 aliphatic carbocycles. The van der Waals surface area contributed by atoms with Gasteiger partial charge in [-0.3, -0.25) is 19.2 Å². The van der Waals surface area contributed by atoms with E-state index in [-0.39, 0.29) is 41.5 Å². The van der Waals surface area contributed by atoms with Gasteiger partial charge in [-0.25, -0.2) is 9.80 Å². The standard InChI is InChI=1S/C21H26N6O4/c1-20-9-5-3-7-11(20)13(28)26(15(20)30)18-23-17(22)24-19(25-18)27-14(29)12-8-4-6-10-21(12,2)16(27)31/h11-12H,3-10H2,1-2H3,(H2,22,23,24,25). The normalized spacial score (nSPS) is 35.5. The molecule has 31 heavy (non-hydrogen) atoms. The first-order valence-electron chi connectivity index (χ1n) is 11.0. The van der Waals surface area contributed by atoms with Gasteiger partial charge < -0.3 is 5.73 Å². The van der Waals surface area contributed by atoms with Gasteiger partial charge in [-0.1, -0.05) is 25.7 Å². The number of imide groups is 2. The topological polar surface area (TPSA) is 139 Å². The molecule has 10 nitrogen and oxygen atoms in total. The highest BCUT2D eigenvalue weighted by atomic mass is 16.2. The third-order valence-corrected chi connectivity index (χ3v) is 7.87. The van der Waals surface area contributed by atoms with Gasteiger partial charge in [0.05, 0.1) is 22.7 Å². The van der Waals surface area contributed by atoms with Crippen LogP contribution >= 0.6 is 0 Å². The summed E-state index contributed by atoms with van der Waals surface area (Å²) in [6.07, 6.45) is 6.03. The fourth-order valence-electron chi connectivity index (χ4n) is 5.94. The van der Waals surface area contributed by atoms with Crippen molar-refractivity contribution in [3.05, 3.63) is 0 Å². The Morgan fingerprint density at radius 3 is 1.55 bits per heavy atom. The molecule has 0 bridgehead atoms. The number of hydrogen-bond acceptors (Lipinski definition) is 8. The van der Waals surface area contributed by atoms with E-state index in [2.05, 4.69) is 15.0 Å². The summed E-state index contributed by atoms with van der Waals surface area (Å²) < 4.78 is 0. The lowest BCUT2D eigenvalue weighted by Crippen LogP contribution is -2.38. The number of aromatic nitrogens is 3. The van der Waals surface area contributed by atoms with Crippen molar-refractivity contribution < 1.29 is 19.2 Å². The van der Waals surface area contributed by atoms with Crippen molar-refractivity contribution in [2.24, 2.45) is 22.7 Å². The zero-order valence-corrected chi connectivity index (χ0v) is 17.8. The molecule has 4 unspecified atom stereocenters. The van der Waals surface area contributed by atoms with Crippen molar-refractivity contribution in [3.8, 4) is 0 Å². The first-order chi connectivity index (χ1) is 14.7. The van der Waals surface area contributed by atoms with Gasteiger partial charge in [0.15, 0.2) is 0 Å². The lowest BCUT2D eigenvalue weighted by molar-refractivity contribution is -0.128. The van der Waals surface area contributed by atoms with Gasteiger partial charge in [-0.2, -0.15) is 15.0 Å². The molecular weight excluding hydrogens is 400 g/mol. The third-order valence-electron chi connectivity index (χ3n) is 7.87. The van der Waals surface area contributed by atoms with Gasteiger partial charge in [0.1, 0.15) is 0 Å². The second kappa shape index (κ2) is 6.54. The number of fused-ring (bicyclic) bond motifs is 2. The molecule has 0 radical (unpaired) electrons. The highest BCUT2D eigenvalue weighted by molar-refractivity contribution is 6.24. The number of carbonyl (C=O) groups is 4. The molecule has 0 aromatic carbocycles. The Bertz CT molecular complexity index is 951. The van der Waals surface area contributed by atoms with Crippen molar-refractivity contribution in [1.82, 2.24) is 15.0 Å². The van der Waals surface area contributed by atoms with E-state index in [1.807, 2.05) is 13.8 Å². The summed E-state index contributed by atoms with van der Waals surface area (Å²) in [5.41, 5.74) is 4.29. The van der Waals surface area contributed by atoms with E-state index in [9.17, 15) is 19.2 Å². The maximum absolute atomic E-state index is 13.2. The molecule has 2 N–H and O–H groups in total. The van der Waals surface area contributed by atoms with Crippen molar-refractivity contribution in [2.45, 2.75) is 65.2 Å². The summed E-state index contributed by atoms with van der Waals surface area (Å²) in [4.78, 5) is 66.9. The third kappa shape index (κ3) is 2.59. The van der Waals surface area contributed by atoms with Crippen LogP contribution in [0.1, 0.15) is 65.2 Å². The Hall–Kier alpha value is -2.91. The molecule has 4 amide bonds. The molecule has 3 heterocycles. The van der Waals surface area contributed by atoms with Gasteiger partial charge in [-0.15, -0.1) is 0 Å². The first-order valence-corrected chi connectivity index (χ1v) is 11.0. The van der Waals surface area contributed by atoms with Crippen LogP contribution in [-0.4, -0.2) is 38.6 Å². The zero-order valence-electron chi connectivity index (χ0n) is 17.8. The molecule has 4 aliphatic rings. The molecule has 4 atom stereocenters. The van der Waals surface area contributed by atoms with Crippen LogP contribution in [0.15, 0.2) is 0 Å². The average Bonchev–Trinajstić information content (AvgIpc) is 3.06. The molecule has 2 saturated carbocycles. The van der Waals surface area contributed by atoms with Crippen LogP contribution < -0.4 is 15.5 Å². The number of amides is 4. The molecule has 1 aromatic rings. The SMILES string of the molecule is CC12CCCCC1C(=O)N(c1nc(N)nc(N3C(=O)C4CCCCC4(C)C3=O)n1)C2=O. The van der Waals surface area contributed by atoms with E-state index in [4.69, 9.17) is 5.73 Å². The van der Waals surface area contributed by atoms with E-state index >= 15 is 0 Å². The summed E-state index contributed by atoms with van der Waals surface area (Å²) in [5, 5.41) is 0. The molecular formula is C21H26N6O4. The Labute approximate surface area is 179 Å². The van der Waals surface area contributed by atoms with Crippen molar-refractivity contribution in [3.63, 3.8) is 0 Å². The molecule has 5 rings (SSSR count). The van der Waals surface area contributed by atoms with E-state index < -0.39 is 22.7 Å². The largest absolute Gasteiger partial charge is 0.368 e. The number of nitrogen functional groups attached to an aromatic ring is 1. The minimum atomic E-state index is -0.793. The Kier molecular flexibility index (Phi) is 4.22. The molecule has 10 heteroatoms. The summed E-state index contributed by atoms with van der Waals surface area (Å²) in [6, 6.07) is 0. The maximum atomic E-state index is 13.2. The van der Waals surface area contributed by atoms with E-state index in [1.165, 1.54) is 0 Å². The lowest BCUT2D eigenvalue weighted by Gasteiger charge is -2.31. The van der Waals surface area contributed by atoms with E-state index in [1.54, 1.807) is 0 Å². The minimum Gasteiger partial charge on any atom is -0.368 e.